The van der Waals surface area contributed by atoms with Gasteiger partial charge in [0, 0.05) is 26.8 Å². The molecule has 0 bridgehead atoms. The predicted octanol–water partition coefficient (Wildman–Crippen LogP) is 5.73. The lowest BCUT2D eigenvalue weighted by Gasteiger charge is -2.13. The number of rotatable bonds is 7. The Kier molecular flexibility index (Phi) is 2.96. The second-order valence-electron chi connectivity index (χ2n) is 6.62. The topological polar surface area (TPSA) is 64.5 Å². The summed E-state index contributed by atoms with van der Waals surface area (Å²) in [4.78, 5) is 7.45. The molecule has 0 radical (unpaired) electrons. The average molecular weight is 415 g/mol. The summed E-state index contributed by atoms with van der Waals surface area (Å²) in [5, 5.41) is 6.24. The van der Waals surface area contributed by atoms with Crippen molar-refractivity contribution in [2.24, 2.45) is 0 Å². The molecule has 1 atom stereocenters. The first-order valence-electron chi connectivity index (χ1n) is 15.2. The molecule has 0 saturated carbocycles. The minimum absolute atomic E-state index is 0.156. The van der Waals surface area contributed by atoms with E-state index in [9.17, 15) is 0 Å². The summed E-state index contributed by atoms with van der Waals surface area (Å²) in [7, 11) is 0. The summed E-state index contributed by atoms with van der Waals surface area (Å²) in [6.07, 6.45) is -5.60. The minimum atomic E-state index is -2.65. The van der Waals surface area contributed by atoms with Gasteiger partial charge in [-0.05, 0) is 68.8 Å². The Bertz CT molecular complexity index is 1630. The molecule has 0 spiro atoms. The molecule has 1 aliphatic rings. The van der Waals surface area contributed by atoms with Crippen LogP contribution in [-0.4, -0.2) is 22.7 Å². The van der Waals surface area contributed by atoms with Crippen molar-refractivity contribution < 1.29 is 25.7 Å². The molecular weight excluding hydrogens is 376 g/mol. The number of fused-ring (bicyclic) bond motifs is 1. The van der Waals surface area contributed by atoms with E-state index in [1.54, 1.807) is 13.8 Å². The molecule has 154 valence electrons. The molecule has 1 aliphatic carbocycles. The summed E-state index contributed by atoms with van der Waals surface area (Å²) in [6, 6.07) is -4.62. The van der Waals surface area contributed by atoms with Crippen LogP contribution in [0.1, 0.15) is 67.2 Å². The van der Waals surface area contributed by atoms with Gasteiger partial charge in [0.2, 0.25) is 11.5 Å². The Morgan fingerprint density at radius 2 is 2.30 bits per heavy atom. The van der Waals surface area contributed by atoms with Crippen LogP contribution in [0, 0.1) is 6.57 Å². The fraction of sp³-hybridized carbons (Fsp3) is 0.375. The van der Waals surface area contributed by atoms with E-state index in [1.807, 2.05) is 0 Å². The van der Waals surface area contributed by atoms with Crippen LogP contribution in [0.15, 0.2) is 40.8 Å². The average Bonchev–Trinajstić information content (AvgIpc) is 3.42. The maximum Gasteiger partial charge on any atom is 0.256 e. The molecule has 6 nitrogen and oxygen atoms in total. The Hall–Kier alpha value is -3.17. The lowest BCUT2D eigenvalue weighted by Crippen LogP contribution is -2.19. The van der Waals surface area contributed by atoms with Crippen LogP contribution in [-0.2, 0) is 6.37 Å². The lowest BCUT2D eigenvalue weighted by atomic mass is 10.0. The van der Waals surface area contributed by atoms with Gasteiger partial charge < -0.3 is 14.6 Å². The van der Waals surface area contributed by atoms with Crippen LogP contribution < -0.4 is 10.1 Å². The van der Waals surface area contributed by atoms with Gasteiger partial charge in [-0.2, -0.15) is 4.98 Å². The van der Waals surface area contributed by atoms with Gasteiger partial charge in [-0.15, -0.1) is 0 Å². The Balaban J connectivity index is 1.93. The molecule has 2 aromatic carbocycles. The molecular formula is C24H26N4O2. The number of aromatic nitrogens is 2. The van der Waals surface area contributed by atoms with Gasteiger partial charge in [0.25, 0.3) is 5.89 Å². The molecule has 3 aromatic rings. The highest BCUT2D eigenvalue weighted by atomic mass is 16.5. The Morgan fingerprint density at radius 3 is 3.07 bits per heavy atom. The van der Waals surface area contributed by atoms with Crippen molar-refractivity contribution in [3.63, 3.8) is 0 Å². The number of nitrogens with zero attached hydrogens (tertiary/aromatic N) is 3. The molecule has 0 aliphatic heterocycles. The molecule has 0 amide bonds. The van der Waals surface area contributed by atoms with Gasteiger partial charge in [0.05, 0.1) is 19.5 Å². The second kappa shape index (κ2) is 8.68. The third kappa shape index (κ3) is 3.94. The van der Waals surface area contributed by atoms with Crippen molar-refractivity contribution >= 4 is 5.69 Å². The van der Waals surface area contributed by atoms with Crippen molar-refractivity contribution in [1.82, 2.24) is 15.5 Å². The molecule has 0 saturated heterocycles. The first-order valence-corrected chi connectivity index (χ1v) is 9.19. The quantitative estimate of drug-likeness (QED) is 0.500. The third-order valence-electron chi connectivity index (χ3n) is 4.20. The first kappa shape index (κ1) is 10.2. The van der Waals surface area contributed by atoms with Crippen LogP contribution in [0.25, 0.3) is 27.7 Å². The zero-order valence-corrected chi connectivity index (χ0v) is 16.5. The zero-order chi connectivity index (χ0) is 31.7. The molecule has 6 heteroatoms. The third-order valence-corrected chi connectivity index (χ3v) is 4.20. The van der Waals surface area contributed by atoms with E-state index in [2.05, 4.69) is 20.3 Å². The van der Waals surface area contributed by atoms with Crippen molar-refractivity contribution in [3.05, 3.63) is 58.8 Å². The standard InChI is InChI=1S/C24H26N4O2/c1-5-13-26-20-11-10-17-18(20)7-6-8-19(17)23-27-24(30-28-23)16-9-12-22(29-15(2)3)21(14-16)25-4/h6-9,12,14-15,20,26H,5,10-11,13H2,1-3H3/t20-/m0/s1/i5D2,6D,7D,8D,9D,10D2,12D,13D2,14D. The SMILES string of the molecule is [2H]c1c([2H])c(-c2noc(-c3c([2H])c([2H])c(OC(C)C)c([N+]#[C-])c3[2H])n2)c2c(c1[2H])[C@@H](NC([2H])([2H])C([2H])([2H])C)CC2([2H])[2H]. The van der Waals surface area contributed by atoms with Crippen LogP contribution in [0.5, 0.6) is 5.75 Å². The Morgan fingerprint density at radius 1 is 1.43 bits per heavy atom. The van der Waals surface area contributed by atoms with Gasteiger partial charge >= 0.3 is 0 Å². The van der Waals surface area contributed by atoms with Gasteiger partial charge in [0.15, 0.2) is 0 Å². The van der Waals surface area contributed by atoms with E-state index in [-0.39, 0.29) is 33.7 Å². The maximum atomic E-state index is 8.68. The molecule has 1 aromatic heterocycles. The van der Waals surface area contributed by atoms with E-state index in [0.717, 1.165) is 6.92 Å². The summed E-state index contributed by atoms with van der Waals surface area (Å²) in [5.74, 6) is -1.15. The van der Waals surface area contributed by atoms with Crippen LogP contribution in [0.4, 0.5) is 5.69 Å². The molecule has 4 rings (SSSR count). The van der Waals surface area contributed by atoms with E-state index in [4.69, 9.17) is 32.3 Å². The fourth-order valence-corrected chi connectivity index (χ4v) is 2.94. The number of nitrogens with one attached hydrogen (secondary N) is 1. The van der Waals surface area contributed by atoms with Crippen molar-refractivity contribution in [1.29, 1.82) is 0 Å². The summed E-state index contributed by atoms with van der Waals surface area (Å²) in [6.45, 7) is 9.17. The summed E-state index contributed by atoms with van der Waals surface area (Å²) in [5.41, 5.74) is -1.48. The molecule has 0 fully saturated rings. The van der Waals surface area contributed by atoms with E-state index in [0.29, 0.717) is 0 Å². The van der Waals surface area contributed by atoms with Crippen molar-refractivity contribution in [2.75, 3.05) is 6.50 Å². The van der Waals surface area contributed by atoms with E-state index in [1.165, 1.54) is 0 Å². The molecule has 1 N–H and O–H groups in total. The highest BCUT2D eigenvalue weighted by Crippen LogP contribution is 2.38. The molecule has 30 heavy (non-hydrogen) atoms. The molecule has 0 unspecified atom stereocenters. The first-order chi connectivity index (χ1) is 19.2. The van der Waals surface area contributed by atoms with Crippen molar-refractivity contribution in [3.8, 4) is 28.6 Å². The number of hydrogen-bond acceptors (Lipinski definition) is 5. The minimum Gasteiger partial charge on any atom is -0.502 e. The smallest absolute Gasteiger partial charge is 0.256 e. The largest absolute Gasteiger partial charge is 0.502 e. The summed E-state index contributed by atoms with van der Waals surface area (Å²) >= 11 is 0. The molecule has 1 heterocycles. The van der Waals surface area contributed by atoms with Crippen LogP contribution >= 0.6 is 0 Å². The predicted molar refractivity (Wildman–Crippen MR) is 117 cm³/mol. The lowest BCUT2D eigenvalue weighted by molar-refractivity contribution is 0.244. The van der Waals surface area contributed by atoms with Gasteiger partial charge in [-0.3, -0.25) is 0 Å². The monoisotopic (exact) mass is 414 g/mol. The van der Waals surface area contributed by atoms with Gasteiger partial charge in [-0.1, -0.05) is 30.2 Å². The van der Waals surface area contributed by atoms with Gasteiger partial charge in [-0.25, -0.2) is 4.85 Å². The van der Waals surface area contributed by atoms with E-state index >= 15 is 0 Å². The Labute approximate surface area is 193 Å². The maximum absolute atomic E-state index is 8.68. The summed E-state index contributed by atoms with van der Waals surface area (Å²) < 4.78 is 111. The van der Waals surface area contributed by atoms with Crippen LogP contribution in [0.2, 0.25) is 0 Å². The normalized spacial score (nSPS) is 23.6. The number of hydrogen-bond donors (Lipinski definition) is 1. The van der Waals surface area contributed by atoms with E-state index < -0.39 is 85.8 Å². The van der Waals surface area contributed by atoms with Gasteiger partial charge in [0.1, 0.15) is 5.75 Å². The zero-order valence-electron chi connectivity index (χ0n) is 28.5. The number of ether oxygens (including phenoxy) is 1. The second-order valence-corrected chi connectivity index (χ2v) is 6.62. The highest BCUT2D eigenvalue weighted by Gasteiger charge is 2.26. The highest BCUT2D eigenvalue weighted by molar-refractivity contribution is 5.70. The fourth-order valence-electron chi connectivity index (χ4n) is 2.94. The van der Waals surface area contributed by atoms with Crippen LogP contribution in [0.3, 0.4) is 0 Å². The van der Waals surface area contributed by atoms with Crippen molar-refractivity contribution in [2.45, 2.75) is 52.1 Å². The number of benzene rings is 2.